The van der Waals surface area contributed by atoms with Crippen molar-refractivity contribution in [3.8, 4) is 0 Å². The highest BCUT2D eigenvalue weighted by Gasteiger charge is 2.20. The van der Waals surface area contributed by atoms with Crippen LogP contribution in [0.3, 0.4) is 0 Å². The van der Waals surface area contributed by atoms with E-state index in [0.717, 1.165) is 21.8 Å². The first-order valence-electron chi connectivity index (χ1n) is 6.82. The van der Waals surface area contributed by atoms with Gasteiger partial charge in [0.15, 0.2) is 0 Å². The highest BCUT2D eigenvalue weighted by molar-refractivity contribution is 7.81. The van der Waals surface area contributed by atoms with Crippen molar-refractivity contribution in [2.45, 2.75) is 20.8 Å². The van der Waals surface area contributed by atoms with Gasteiger partial charge in [-0.05, 0) is 44.5 Å². The zero-order valence-corrected chi connectivity index (χ0v) is 13.6. The van der Waals surface area contributed by atoms with Crippen LogP contribution in [-0.4, -0.2) is 16.1 Å². The van der Waals surface area contributed by atoms with Crippen LogP contribution in [-0.2, 0) is 0 Å². The van der Waals surface area contributed by atoms with Crippen LogP contribution < -0.4 is 10.8 Å². The van der Waals surface area contributed by atoms with E-state index in [1.807, 2.05) is 39.0 Å². The van der Waals surface area contributed by atoms with E-state index in [9.17, 15) is 10.0 Å². The smallest absolute Gasteiger partial charge is 0.249 e. The predicted molar refractivity (Wildman–Crippen MR) is 91.6 cm³/mol. The van der Waals surface area contributed by atoms with Gasteiger partial charge in [0, 0.05) is 11.1 Å². The second-order valence-electron chi connectivity index (χ2n) is 5.32. The fraction of sp³-hybridized carbons (Fsp3) is 0.176. The summed E-state index contributed by atoms with van der Waals surface area (Å²) in [6.07, 6.45) is 0. The summed E-state index contributed by atoms with van der Waals surface area (Å²) in [5.41, 5.74) is 9.57. The van der Waals surface area contributed by atoms with Gasteiger partial charge >= 0.3 is 0 Å². The number of benzene rings is 2. The summed E-state index contributed by atoms with van der Waals surface area (Å²) in [4.78, 5) is 11.8. The summed E-state index contributed by atoms with van der Waals surface area (Å²) in [6.45, 7) is 5.67. The van der Waals surface area contributed by atoms with Gasteiger partial charge in [0.25, 0.3) is 0 Å². The van der Waals surface area contributed by atoms with Crippen molar-refractivity contribution >= 4 is 28.8 Å². The lowest BCUT2D eigenvalue weighted by atomic mass is 9.98. The Morgan fingerprint density at radius 3 is 2.23 bits per heavy atom. The highest BCUT2D eigenvalue weighted by atomic mass is 32.1. The minimum atomic E-state index is -0.568. The number of thiocarbonyl (C=S) groups is 1. The second-order valence-corrected chi connectivity index (χ2v) is 5.71. The van der Waals surface area contributed by atoms with Gasteiger partial charge in [-0.3, -0.25) is 10.0 Å². The molecular formula is C17H18N2O2S. The number of rotatable bonds is 3. The Hall–Kier alpha value is -2.24. The Kier molecular flexibility index (Phi) is 4.59. The number of nitrogens with zero attached hydrogens (tertiary/aromatic N) is 1. The number of hydrogen-bond donors (Lipinski definition) is 2. The Balaban J connectivity index is 2.49. The molecule has 0 aliphatic carbocycles. The third-order valence-corrected chi connectivity index (χ3v) is 3.81. The molecule has 5 heteroatoms. The summed E-state index contributed by atoms with van der Waals surface area (Å²) in [6, 6.07) is 10.8. The summed E-state index contributed by atoms with van der Waals surface area (Å²) >= 11 is 5.36. The first-order valence-corrected chi connectivity index (χ1v) is 7.23. The van der Waals surface area contributed by atoms with Crippen LogP contribution in [0.25, 0.3) is 0 Å². The molecule has 0 aliphatic heterocycles. The minimum Gasteiger partial charge on any atom is -0.366 e. The maximum absolute atomic E-state index is 11.7. The monoisotopic (exact) mass is 314 g/mol. The average molecular weight is 314 g/mol. The number of primary amides is 1. The number of amides is 1. The fourth-order valence-electron chi connectivity index (χ4n) is 2.35. The molecule has 0 atom stereocenters. The van der Waals surface area contributed by atoms with Crippen LogP contribution in [0, 0.1) is 20.8 Å². The molecule has 0 saturated heterocycles. The quantitative estimate of drug-likeness (QED) is 0.674. The SMILES string of the molecule is Cc1ccc(N(O)C(=S)c2c(C)cc(C)cc2C(N)=O)cc1. The Morgan fingerprint density at radius 1 is 1.09 bits per heavy atom. The number of carbonyl (C=O) groups is 1. The van der Waals surface area contributed by atoms with E-state index in [4.69, 9.17) is 18.0 Å². The van der Waals surface area contributed by atoms with Crippen molar-refractivity contribution in [1.82, 2.24) is 0 Å². The van der Waals surface area contributed by atoms with Crippen LogP contribution in [0.15, 0.2) is 36.4 Å². The van der Waals surface area contributed by atoms with Crippen molar-refractivity contribution in [3.05, 3.63) is 64.2 Å². The molecular weight excluding hydrogens is 296 g/mol. The maximum atomic E-state index is 11.7. The minimum absolute atomic E-state index is 0.148. The Bertz CT molecular complexity index is 739. The molecule has 0 bridgehead atoms. The lowest BCUT2D eigenvalue weighted by molar-refractivity contribution is 0.1000. The highest BCUT2D eigenvalue weighted by Crippen LogP contribution is 2.23. The van der Waals surface area contributed by atoms with Gasteiger partial charge in [-0.25, -0.2) is 5.06 Å². The average Bonchev–Trinajstić information content (AvgIpc) is 2.45. The normalized spacial score (nSPS) is 10.4. The summed E-state index contributed by atoms with van der Waals surface area (Å²) in [7, 11) is 0. The van der Waals surface area contributed by atoms with Crippen LogP contribution >= 0.6 is 12.2 Å². The molecule has 0 fully saturated rings. The maximum Gasteiger partial charge on any atom is 0.249 e. The summed E-state index contributed by atoms with van der Waals surface area (Å²) < 4.78 is 0. The van der Waals surface area contributed by atoms with E-state index in [0.29, 0.717) is 16.8 Å². The first-order chi connectivity index (χ1) is 10.3. The molecule has 22 heavy (non-hydrogen) atoms. The van der Waals surface area contributed by atoms with Crippen LogP contribution in [0.2, 0.25) is 0 Å². The van der Waals surface area contributed by atoms with Gasteiger partial charge in [0.05, 0.1) is 5.69 Å². The molecule has 4 nitrogen and oxygen atoms in total. The van der Waals surface area contributed by atoms with Gasteiger partial charge in [-0.2, -0.15) is 0 Å². The largest absolute Gasteiger partial charge is 0.366 e. The molecule has 1 amide bonds. The van der Waals surface area contributed by atoms with Crippen LogP contribution in [0.5, 0.6) is 0 Å². The van der Waals surface area contributed by atoms with Crippen LogP contribution in [0.1, 0.15) is 32.6 Å². The molecule has 0 unspecified atom stereocenters. The van der Waals surface area contributed by atoms with Crippen LogP contribution in [0.4, 0.5) is 5.69 Å². The van der Waals surface area contributed by atoms with E-state index in [2.05, 4.69) is 0 Å². The van der Waals surface area contributed by atoms with Gasteiger partial charge in [-0.1, -0.05) is 41.5 Å². The molecule has 0 spiro atoms. The van der Waals surface area contributed by atoms with Crippen molar-refractivity contribution in [2.24, 2.45) is 5.73 Å². The molecule has 114 valence electrons. The van der Waals surface area contributed by atoms with Crippen molar-refractivity contribution in [1.29, 1.82) is 0 Å². The molecule has 0 saturated carbocycles. The van der Waals surface area contributed by atoms with Crippen molar-refractivity contribution in [2.75, 3.05) is 5.06 Å². The molecule has 2 aromatic rings. The molecule has 0 heterocycles. The third-order valence-electron chi connectivity index (χ3n) is 3.43. The lowest BCUT2D eigenvalue weighted by Gasteiger charge is -2.21. The van der Waals surface area contributed by atoms with Crippen molar-refractivity contribution < 1.29 is 10.0 Å². The van der Waals surface area contributed by atoms with Gasteiger partial charge in [0.1, 0.15) is 4.99 Å². The van der Waals surface area contributed by atoms with Gasteiger partial charge < -0.3 is 5.73 Å². The number of hydrogen-bond acceptors (Lipinski definition) is 3. The lowest BCUT2D eigenvalue weighted by Crippen LogP contribution is -2.29. The Labute approximate surface area is 135 Å². The predicted octanol–water partition coefficient (Wildman–Crippen LogP) is 3.28. The summed E-state index contributed by atoms with van der Waals surface area (Å²) in [5, 5.41) is 11.3. The number of hydroxylamine groups is 1. The number of aryl methyl sites for hydroxylation is 3. The third kappa shape index (κ3) is 3.16. The van der Waals surface area contributed by atoms with E-state index < -0.39 is 5.91 Å². The zero-order chi connectivity index (χ0) is 16.4. The summed E-state index contributed by atoms with van der Waals surface area (Å²) in [5.74, 6) is -0.568. The second kappa shape index (κ2) is 6.25. The molecule has 0 aromatic heterocycles. The van der Waals surface area contributed by atoms with E-state index in [1.54, 1.807) is 18.2 Å². The molecule has 2 aromatic carbocycles. The zero-order valence-electron chi connectivity index (χ0n) is 12.8. The van der Waals surface area contributed by atoms with E-state index in [1.165, 1.54) is 0 Å². The Morgan fingerprint density at radius 2 is 1.68 bits per heavy atom. The van der Waals surface area contributed by atoms with E-state index in [-0.39, 0.29) is 4.99 Å². The standard InChI is InChI=1S/C17H18N2O2S/c1-10-4-6-13(7-5-10)19(21)17(22)15-12(3)8-11(2)9-14(15)16(18)20/h4-9,21H,1-3H3,(H2,18,20). The number of anilines is 1. The van der Waals surface area contributed by atoms with E-state index >= 15 is 0 Å². The van der Waals surface area contributed by atoms with Crippen molar-refractivity contribution in [3.63, 3.8) is 0 Å². The fourth-order valence-corrected chi connectivity index (χ4v) is 2.73. The molecule has 0 aliphatic rings. The number of nitrogens with two attached hydrogens (primary N) is 1. The van der Waals surface area contributed by atoms with Gasteiger partial charge in [-0.15, -0.1) is 0 Å². The molecule has 0 radical (unpaired) electrons. The topological polar surface area (TPSA) is 66.6 Å². The van der Waals surface area contributed by atoms with Gasteiger partial charge in [0.2, 0.25) is 5.91 Å². The molecule has 3 N–H and O–H groups in total. The first kappa shape index (κ1) is 16.1. The molecule has 2 rings (SSSR count). The number of carbonyl (C=O) groups excluding carboxylic acids is 1.